The van der Waals surface area contributed by atoms with Gasteiger partial charge in [-0.25, -0.2) is 9.18 Å². The van der Waals surface area contributed by atoms with Crippen LogP contribution in [0, 0.1) is 5.82 Å². The van der Waals surface area contributed by atoms with Crippen molar-refractivity contribution in [3.63, 3.8) is 0 Å². The Balaban J connectivity index is 2.13. The molecule has 1 fully saturated rings. The van der Waals surface area contributed by atoms with Crippen LogP contribution in [0.15, 0.2) is 24.3 Å². The third kappa shape index (κ3) is 1.43. The van der Waals surface area contributed by atoms with Crippen LogP contribution in [0.2, 0.25) is 0 Å². The summed E-state index contributed by atoms with van der Waals surface area (Å²) in [6.07, 6.45) is 0. The van der Waals surface area contributed by atoms with Crippen molar-refractivity contribution in [2.24, 2.45) is 0 Å². The van der Waals surface area contributed by atoms with Crippen LogP contribution in [-0.2, 0) is 9.53 Å². The van der Waals surface area contributed by atoms with E-state index >= 15 is 0 Å². The van der Waals surface area contributed by atoms with Gasteiger partial charge in [-0.15, -0.1) is 0 Å². The molecule has 1 aromatic carbocycles. The van der Waals surface area contributed by atoms with Gasteiger partial charge in [0, 0.05) is 0 Å². The van der Waals surface area contributed by atoms with Crippen molar-refractivity contribution in [2.75, 3.05) is 18.6 Å². The van der Waals surface area contributed by atoms with Crippen LogP contribution in [0.4, 0.5) is 10.1 Å². The van der Waals surface area contributed by atoms with Gasteiger partial charge in [-0.3, -0.25) is 0 Å². The smallest absolute Gasteiger partial charge is 0.330 e. The van der Waals surface area contributed by atoms with E-state index in [-0.39, 0.29) is 17.8 Å². The van der Waals surface area contributed by atoms with Gasteiger partial charge in [-0.05, 0) is 12.1 Å². The maximum atomic E-state index is 13.2. The van der Waals surface area contributed by atoms with E-state index in [1.165, 1.54) is 13.2 Å². The predicted molar refractivity (Wildman–Crippen MR) is 49.6 cm³/mol. The Kier molecular flexibility index (Phi) is 2.11. The summed E-state index contributed by atoms with van der Waals surface area (Å²) in [5.41, 5.74) is 0.461. The number of benzene rings is 1. The molecule has 0 N–H and O–H groups in total. The fraction of sp³-hybridized carbons (Fsp3) is 0.300. The summed E-state index contributed by atoms with van der Waals surface area (Å²) in [6.45, 7) is 0.535. The van der Waals surface area contributed by atoms with Crippen molar-refractivity contribution in [1.29, 1.82) is 0 Å². The fourth-order valence-electron chi connectivity index (χ4n) is 1.43. The summed E-state index contributed by atoms with van der Waals surface area (Å²) in [5, 5.41) is 0. The lowest BCUT2D eigenvalue weighted by molar-refractivity contribution is -0.139. The molecular formula is C10H10FNO2. The Hall–Kier alpha value is -1.58. The quantitative estimate of drug-likeness (QED) is 0.524. The molecule has 74 valence electrons. The maximum Gasteiger partial charge on any atom is 0.330 e. The van der Waals surface area contributed by atoms with Crippen LogP contribution < -0.4 is 4.90 Å². The van der Waals surface area contributed by atoms with Gasteiger partial charge in [-0.2, -0.15) is 0 Å². The SMILES string of the molecule is COC(=O)C1CN1c1ccccc1F. The number of nitrogens with zero attached hydrogens (tertiary/aromatic N) is 1. The Labute approximate surface area is 81.1 Å². The molecule has 0 saturated carbocycles. The second-order valence-corrected chi connectivity index (χ2v) is 3.14. The number of hydrogen-bond donors (Lipinski definition) is 0. The number of rotatable bonds is 2. The van der Waals surface area contributed by atoms with E-state index < -0.39 is 0 Å². The van der Waals surface area contributed by atoms with E-state index in [1.807, 2.05) is 0 Å². The third-order valence-corrected chi connectivity index (χ3v) is 2.25. The molecule has 14 heavy (non-hydrogen) atoms. The zero-order valence-electron chi connectivity index (χ0n) is 7.74. The number of hydrogen-bond acceptors (Lipinski definition) is 3. The number of ether oxygens (including phenoxy) is 1. The molecule has 0 aliphatic carbocycles. The second-order valence-electron chi connectivity index (χ2n) is 3.14. The van der Waals surface area contributed by atoms with Crippen molar-refractivity contribution in [3.05, 3.63) is 30.1 Å². The number of anilines is 1. The molecule has 1 heterocycles. The highest BCUT2D eigenvalue weighted by Gasteiger charge is 2.42. The van der Waals surface area contributed by atoms with Gasteiger partial charge >= 0.3 is 5.97 Å². The molecule has 1 aliphatic heterocycles. The average molecular weight is 195 g/mol. The van der Waals surface area contributed by atoms with Gasteiger partial charge in [0.15, 0.2) is 0 Å². The highest BCUT2D eigenvalue weighted by Crippen LogP contribution is 2.30. The lowest BCUT2D eigenvalue weighted by Gasteiger charge is -2.05. The standard InChI is InChI=1S/C10H10FNO2/c1-14-10(13)9-6-12(9)8-5-3-2-4-7(8)11/h2-5,9H,6H2,1H3. The van der Waals surface area contributed by atoms with Crippen molar-refractivity contribution in [1.82, 2.24) is 0 Å². The molecule has 1 unspecified atom stereocenters. The first kappa shape index (κ1) is 8.99. The average Bonchev–Trinajstić information content (AvgIpc) is 2.97. The van der Waals surface area contributed by atoms with Gasteiger partial charge < -0.3 is 9.64 Å². The summed E-state index contributed by atoms with van der Waals surface area (Å²) in [7, 11) is 1.33. The number of methoxy groups -OCH3 is 1. The lowest BCUT2D eigenvalue weighted by Crippen LogP contribution is -2.14. The molecule has 0 spiro atoms. The van der Waals surface area contributed by atoms with Crippen LogP contribution in [0.25, 0.3) is 0 Å². The summed E-state index contributed by atoms with van der Waals surface area (Å²) >= 11 is 0. The summed E-state index contributed by atoms with van der Waals surface area (Å²) < 4.78 is 17.8. The molecule has 4 heteroatoms. The van der Waals surface area contributed by atoms with Gasteiger partial charge in [0.1, 0.15) is 11.9 Å². The number of halogens is 1. The van der Waals surface area contributed by atoms with Crippen LogP contribution in [0.3, 0.4) is 0 Å². The van der Waals surface area contributed by atoms with E-state index in [2.05, 4.69) is 4.74 Å². The van der Waals surface area contributed by atoms with Gasteiger partial charge in [0.2, 0.25) is 0 Å². The van der Waals surface area contributed by atoms with Crippen molar-refractivity contribution in [2.45, 2.75) is 6.04 Å². The Bertz CT molecular complexity index is 367. The molecule has 2 rings (SSSR count). The molecule has 0 radical (unpaired) electrons. The van der Waals surface area contributed by atoms with Crippen LogP contribution in [0.5, 0.6) is 0 Å². The molecule has 1 aromatic rings. The Morgan fingerprint density at radius 3 is 2.93 bits per heavy atom. The van der Waals surface area contributed by atoms with Crippen LogP contribution >= 0.6 is 0 Å². The molecule has 1 saturated heterocycles. The highest BCUT2D eigenvalue weighted by atomic mass is 19.1. The third-order valence-electron chi connectivity index (χ3n) is 2.25. The minimum Gasteiger partial charge on any atom is -0.467 e. The fourth-order valence-corrected chi connectivity index (χ4v) is 1.43. The first-order valence-electron chi connectivity index (χ1n) is 4.33. The van der Waals surface area contributed by atoms with Crippen LogP contribution in [-0.4, -0.2) is 25.7 Å². The largest absolute Gasteiger partial charge is 0.467 e. The molecule has 1 atom stereocenters. The summed E-state index contributed by atoms with van der Waals surface area (Å²) in [5.74, 6) is -0.618. The van der Waals surface area contributed by atoms with E-state index in [0.29, 0.717) is 12.2 Å². The summed E-state index contributed by atoms with van der Waals surface area (Å²) in [4.78, 5) is 12.8. The summed E-state index contributed by atoms with van der Waals surface area (Å²) in [6, 6.07) is 6.08. The predicted octanol–water partition coefficient (Wildman–Crippen LogP) is 1.19. The van der Waals surface area contributed by atoms with Gasteiger partial charge in [-0.1, -0.05) is 12.1 Å². The first-order valence-corrected chi connectivity index (χ1v) is 4.33. The van der Waals surface area contributed by atoms with Gasteiger partial charge in [0.25, 0.3) is 0 Å². The number of carbonyl (C=O) groups is 1. The van der Waals surface area contributed by atoms with Gasteiger partial charge in [0.05, 0.1) is 19.3 Å². The second kappa shape index (κ2) is 3.29. The Morgan fingerprint density at radius 1 is 1.57 bits per heavy atom. The highest BCUT2D eigenvalue weighted by molar-refractivity contribution is 5.86. The van der Waals surface area contributed by atoms with Crippen molar-refractivity contribution >= 4 is 11.7 Å². The zero-order chi connectivity index (χ0) is 10.1. The van der Waals surface area contributed by atoms with E-state index in [1.54, 1.807) is 23.1 Å². The van der Waals surface area contributed by atoms with Crippen LogP contribution in [0.1, 0.15) is 0 Å². The van der Waals surface area contributed by atoms with Crippen molar-refractivity contribution < 1.29 is 13.9 Å². The molecule has 0 amide bonds. The number of esters is 1. The molecule has 0 aromatic heterocycles. The normalized spacial score (nSPS) is 19.3. The van der Waals surface area contributed by atoms with Crippen molar-refractivity contribution in [3.8, 4) is 0 Å². The monoisotopic (exact) mass is 195 g/mol. The first-order chi connectivity index (χ1) is 6.74. The number of para-hydroxylation sites is 1. The molecular weight excluding hydrogens is 185 g/mol. The van der Waals surface area contributed by atoms with E-state index in [4.69, 9.17) is 0 Å². The Morgan fingerprint density at radius 2 is 2.29 bits per heavy atom. The number of carbonyl (C=O) groups excluding carboxylic acids is 1. The zero-order valence-corrected chi connectivity index (χ0v) is 7.74. The molecule has 0 bridgehead atoms. The minimum absolute atomic E-state index is 0.307. The molecule has 1 aliphatic rings. The lowest BCUT2D eigenvalue weighted by atomic mass is 10.3. The topological polar surface area (TPSA) is 29.3 Å². The maximum absolute atomic E-state index is 13.2. The van der Waals surface area contributed by atoms with E-state index in [0.717, 1.165) is 0 Å². The molecule has 3 nitrogen and oxygen atoms in total. The minimum atomic E-state index is -0.312. The van der Waals surface area contributed by atoms with E-state index in [9.17, 15) is 9.18 Å².